The molecule has 0 amide bonds. The Hall–Kier alpha value is -1.49. The number of hydrogen-bond donors (Lipinski definition) is 2. The molecule has 0 heterocycles. The summed E-state index contributed by atoms with van der Waals surface area (Å²) >= 11 is 5.35. The number of nitrogens with zero attached hydrogens (tertiary/aromatic N) is 1. The van der Waals surface area contributed by atoms with Crippen LogP contribution in [-0.4, -0.2) is 15.1 Å². The second kappa shape index (κ2) is 2.86. The summed E-state index contributed by atoms with van der Waals surface area (Å²) < 4.78 is 0. The van der Waals surface area contributed by atoms with Crippen LogP contribution in [0.3, 0.4) is 0 Å². The molecule has 0 unspecified atom stereocenters. The van der Waals surface area contributed by atoms with Crippen LogP contribution in [0.1, 0.15) is 0 Å². The molecule has 5 nitrogen and oxygen atoms in total. The van der Waals surface area contributed by atoms with Gasteiger partial charge in [-0.05, 0) is 0 Å². The Labute approximate surface area is 72.0 Å². The molecule has 1 aromatic rings. The lowest BCUT2D eigenvalue weighted by Crippen LogP contribution is -1.88. The number of benzene rings is 1. The minimum atomic E-state index is -0.832. The van der Waals surface area contributed by atoms with Crippen LogP contribution in [-0.2, 0) is 0 Å². The van der Waals surface area contributed by atoms with Crippen LogP contribution in [0.5, 0.6) is 11.5 Å². The fourth-order valence-electron chi connectivity index (χ4n) is 0.710. The molecule has 2 N–H and O–H groups in total. The van der Waals surface area contributed by atoms with Crippen LogP contribution in [0.25, 0.3) is 0 Å². The molecule has 1 rings (SSSR count). The van der Waals surface area contributed by atoms with Crippen LogP contribution in [0.15, 0.2) is 12.1 Å². The van der Waals surface area contributed by atoms with E-state index in [4.69, 9.17) is 21.8 Å². The molecule has 64 valence electrons. The predicted octanol–water partition coefficient (Wildman–Crippen LogP) is 1.66. The van der Waals surface area contributed by atoms with E-state index in [1.165, 1.54) is 0 Å². The number of rotatable bonds is 1. The number of nitro groups is 1. The molecule has 0 aromatic heterocycles. The fraction of sp³-hybridized carbons (Fsp3) is 0. The average Bonchev–Trinajstić information content (AvgIpc) is 1.96. The van der Waals surface area contributed by atoms with Gasteiger partial charge in [-0.25, -0.2) is 0 Å². The zero-order valence-corrected chi connectivity index (χ0v) is 6.45. The Kier molecular flexibility index (Phi) is 2.05. The average molecular weight is 190 g/mol. The van der Waals surface area contributed by atoms with Gasteiger partial charge < -0.3 is 10.2 Å². The maximum atomic E-state index is 10.2. The number of phenols is 2. The first-order valence-electron chi connectivity index (χ1n) is 2.88. The predicted molar refractivity (Wildman–Crippen MR) is 41.4 cm³/mol. The van der Waals surface area contributed by atoms with E-state index in [-0.39, 0.29) is 10.8 Å². The van der Waals surface area contributed by atoms with Crippen LogP contribution < -0.4 is 0 Å². The van der Waals surface area contributed by atoms with E-state index in [1.54, 1.807) is 0 Å². The third-order valence-corrected chi connectivity index (χ3v) is 1.51. The Morgan fingerprint density at radius 2 is 2.00 bits per heavy atom. The maximum absolute atomic E-state index is 10.2. The van der Waals surface area contributed by atoms with Crippen molar-refractivity contribution >= 4 is 17.3 Å². The van der Waals surface area contributed by atoms with Gasteiger partial charge in [-0.15, -0.1) is 0 Å². The molecule has 0 aliphatic rings. The lowest BCUT2D eigenvalue weighted by molar-refractivity contribution is -0.385. The first-order chi connectivity index (χ1) is 5.52. The summed E-state index contributed by atoms with van der Waals surface area (Å²) in [5.74, 6) is -0.996. The zero-order chi connectivity index (χ0) is 9.30. The van der Waals surface area contributed by atoms with E-state index in [0.29, 0.717) is 0 Å². The second-order valence-corrected chi connectivity index (χ2v) is 2.46. The van der Waals surface area contributed by atoms with E-state index in [2.05, 4.69) is 0 Å². The molecule has 0 radical (unpaired) electrons. The molecular formula is C6H4ClNO4. The van der Waals surface area contributed by atoms with E-state index < -0.39 is 16.4 Å². The summed E-state index contributed by atoms with van der Waals surface area (Å²) in [4.78, 5) is 9.37. The normalized spacial score (nSPS) is 9.75. The van der Waals surface area contributed by atoms with Crippen molar-refractivity contribution in [3.63, 3.8) is 0 Å². The molecule has 0 bridgehead atoms. The molecule has 6 heteroatoms. The Morgan fingerprint density at radius 3 is 2.50 bits per heavy atom. The topological polar surface area (TPSA) is 83.6 Å². The lowest BCUT2D eigenvalue weighted by atomic mass is 10.3. The molecular weight excluding hydrogens is 186 g/mol. The van der Waals surface area contributed by atoms with Crippen LogP contribution in [0, 0.1) is 10.1 Å². The Balaban J connectivity index is 3.37. The Morgan fingerprint density at radius 1 is 1.42 bits per heavy atom. The lowest BCUT2D eigenvalue weighted by Gasteiger charge is -1.98. The number of aromatic hydroxyl groups is 2. The van der Waals surface area contributed by atoms with Gasteiger partial charge >= 0.3 is 5.69 Å². The van der Waals surface area contributed by atoms with Gasteiger partial charge in [0, 0.05) is 6.07 Å². The molecule has 0 spiro atoms. The van der Waals surface area contributed by atoms with Crippen molar-refractivity contribution in [2.24, 2.45) is 0 Å². The summed E-state index contributed by atoms with van der Waals surface area (Å²) in [6.45, 7) is 0. The summed E-state index contributed by atoms with van der Waals surface area (Å²) in [5.41, 5.74) is -0.611. The van der Waals surface area contributed by atoms with Gasteiger partial charge in [-0.2, -0.15) is 0 Å². The molecule has 1 aromatic carbocycles. The van der Waals surface area contributed by atoms with Crippen LogP contribution in [0.4, 0.5) is 5.69 Å². The molecule has 0 fully saturated rings. The van der Waals surface area contributed by atoms with Gasteiger partial charge in [-0.1, -0.05) is 11.6 Å². The highest BCUT2D eigenvalue weighted by Crippen LogP contribution is 2.36. The summed E-state index contributed by atoms with van der Waals surface area (Å²) in [6.07, 6.45) is 0. The van der Waals surface area contributed by atoms with E-state index in [9.17, 15) is 10.1 Å². The molecule has 0 aliphatic heterocycles. The van der Waals surface area contributed by atoms with E-state index in [0.717, 1.165) is 12.1 Å². The Bertz CT molecular complexity index is 339. The quantitative estimate of drug-likeness (QED) is 0.400. The van der Waals surface area contributed by atoms with Gasteiger partial charge in [0.05, 0.1) is 16.0 Å². The minimum absolute atomic E-state index is 0.248. The van der Waals surface area contributed by atoms with Crippen molar-refractivity contribution in [3.05, 3.63) is 27.3 Å². The molecule has 0 saturated carbocycles. The van der Waals surface area contributed by atoms with Gasteiger partial charge in [0.2, 0.25) is 5.75 Å². The number of nitro benzene ring substituents is 1. The maximum Gasteiger partial charge on any atom is 0.315 e. The highest BCUT2D eigenvalue weighted by atomic mass is 35.5. The van der Waals surface area contributed by atoms with Crippen molar-refractivity contribution in [2.45, 2.75) is 0 Å². The van der Waals surface area contributed by atoms with Gasteiger partial charge in [-0.3, -0.25) is 10.1 Å². The van der Waals surface area contributed by atoms with Crippen molar-refractivity contribution in [1.29, 1.82) is 0 Å². The number of hydrogen-bond acceptors (Lipinski definition) is 4. The SMILES string of the molecule is O=[N+]([O-])c1cc(O)cc(Cl)c1O. The minimum Gasteiger partial charge on any atom is -0.508 e. The van der Waals surface area contributed by atoms with Crippen LogP contribution >= 0.6 is 11.6 Å². The fourth-order valence-corrected chi connectivity index (χ4v) is 0.918. The standard InChI is InChI=1S/C6H4ClNO4/c7-4-1-3(9)2-5(6(4)10)8(11)12/h1-2,9-10H. The smallest absolute Gasteiger partial charge is 0.315 e. The van der Waals surface area contributed by atoms with Gasteiger partial charge in [0.15, 0.2) is 0 Å². The highest BCUT2D eigenvalue weighted by molar-refractivity contribution is 6.32. The third-order valence-electron chi connectivity index (χ3n) is 1.22. The first kappa shape index (κ1) is 8.61. The summed E-state index contributed by atoms with van der Waals surface area (Å²) in [7, 11) is 0. The highest BCUT2D eigenvalue weighted by Gasteiger charge is 2.17. The monoisotopic (exact) mass is 189 g/mol. The molecule has 12 heavy (non-hydrogen) atoms. The molecule has 0 aliphatic carbocycles. The van der Waals surface area contributed by atoms with E-state index in [1.807, 2.05) is 0 Å². The first-order valence-corrected chi connectivity index (χ1v) is 3.26. The van der Waals surface area contributed by atoms with Gasteiger partial charge in [0.25, 0.3) is 0 Å². The van der Waals surface area contributed by atoms with E-state index >= 15 is 0 Å². The van der Waals surface area contributed by atoms with Crippen molar-refractivity contribution in [1.82, 2.24) is 0 Å². The van der Waals surface area contributed by atoms with Crippen LogP contribution in [0.2, 0.25) is 5.02 Å². The number of halogens is 1. The summed E-state index contributed by atoms with van der Waals surface area (Å²) in [5, 5.41) is 27.8. The van der Waals surface area contributed by atoms with Crippen molar-refractivity contribution in [2.75, 3.05) is 0 Å². The number of phenolic OH excluding ortho intramolecular Hbond substituents is 2. The van der Waals surface area contributed by atoms with Crippen molar-refractivity contribution in [3.8, 4) is 11.5 Å². The largest absolute Gasteiger partial charge is 0.508 e. The molecule has 0 saturated heterocycles. The zero-order valence-electron chi connectivity index (χ0n) is 5.69. The van der Waals surface area contributed by atoms with Gasteiger partial charge in [0.1, 0.15) is 5.75 Å². The second-order valence-electron chi connectivity index (χ2n) is 2.05. The summed E-state index contributed by atoms with van der Waals surface area (Å²) in [6, 6.07) is 1.84. The third kappa shape index (κ3) is 1.40. The van der Waals surface area contributed by atoms with Crippen molar-refractivity contribution < 1.29 is 15.1 Å². The molecule has 0 atom stereocenters.